The third-order valence-corrected chi connectivity index (χ3v) is 2.29. The molecule has 2 rings (SSSR count). The van der Waals surface area contributed by atoms with E-state index in [-0.39, 0.29) is 23.1 Å². The van der Waals surface area contributed by atoms with Crippen molar-refractivity contribution in [3.8, 4) is 0 Å². The van der Waals surface area contributed by atoms with Crippen LogP contribution in [-0.4, -0.2) is 9.55 Å². The Morgan fingerprint density at radius 2 is 2.19 bits per heavy atom. The average molecular weight is 239 g/mol. The van der Waals surface area contributed by atoms with Gasteiger partial charge in [0.25, 0.3) is 5.56 Å². The van der Waals surface area contributed by atoms with Crippen LogP contribution in [0.25, 0.3) is 0 Å². The molecule has 16 heavy (non-hydrogen) atoms. The first kappa shape index (κ1) is 10.8. The summed E-state index contributed by atoms with van der Waals surface area (Å²) in [7, 11) is 0. The Morgan fingerprint density at radius 3 is 2.88 bits per heavy atom. The zero-order chi connectivity index (χ0) is 11.5. The van der Waals surface area contributed by atoms with Crippen molar-refractivity contribution in [2.45, 2.75) is 6.54 Å². The zero-order valence-electron chi connectivity index (χ0n) is 8.23. The van der Waals surface area contributed by atoms with Crippen molar-refractivity contribution in [3.63, 3.8) is 0 Å². The number of halogens is 2. The quantitative estimate of drug-likeness (QED) is 0.751. The van der Waals surface area contributed by atoms with E-state index in [2.05, 4.69) is 4.98 Å². The van der Waals surface area contributed by atoms with E-state index in [9.17, 15) is 9.18 Å². The Morgan fingerprint density at radius 1 is 1.38 bits per heavy atom. The van der Waals surface area contributed by atoms with Gasteiger partial charge in [0.05, 0.1) is 12.9 Å². The number of aromatic nitrogens is 2. The molecule has 0 amide bonds. The molecular weight excluding hydrogens is 231 g/mol. The van der Waals surface area contributed by atoms with E-state index in [4.69, 9.17) is 11.6 Å². The predicted molar refractivity (Wildman–Crippen MR) is 59.0 cm³/mol. The predicted octanol–water partition coefficient (Wildman–Crippen LogP) is 2.08. The van der Waals surface area contributed by atoms with Gasteiger partial charge in [0.2, 0.25) is 0 Å². The molecule has 0 fully saturated rings. The molecule has 1 aromatic carbocycles. The first-order valence-electron chi connectivity index (χ1n) is 4.61. The van der Waals surface area contributed by atoms with E-state index >= 15 is 0 Å². The fourth-order valence-electron chi connectivity index (χ4n) is 1.35. The van der Waals surface area contributed by atoms with E-state index in [0.29, 0.717) is 5.56 Å². The summed E-state index contributed by atoms with van der Waals surface area (Å²) in [4.78, 5) is 15.3. The number of rotatable bonds is 2. The van der Waals surface area contributed by atoms with E-state index in [1.54, 1.807) is 12.1 Å². The van der Waals surface area contributed by atoms with Crippen molar-refractivity contribution in [1.82, 2.24) is 9.55 Å². The molecule has 0 atom stereocenters. The van der Waals surface area contributed by atoms with Crippen molar-refractivity contribution < 1.29 is 4.39 Å². The Hall–Kier alpha value is -1.68. The standard InChI is InChI=1S/C11H8ClFN2O/c12-10-5-11(16)15(7-14-10)6-8-2-1-3-9(13)4-8/h1-5,7H,6H2. The first-order valence-corrected chi connectivity index (χ1v) is 4.99. The van der Waals surface area contributed by atoms with Gasteiger partial charge in [-0.2, -0.15) is 0 Å². The fraction of sp³-hybridized carbons (Fsp3) is 0.0909. The summed E-state index contributed by atoms with van der Waals surface area (Å²) in [6.45, 7) is 0.279. The van der Waals surface area contributed by atoms with Crippen LogP contribution in [0, 0.1) is 5.82 Å². The highest BCUT2D eigenvalue weighted by Gasteiger charge is 2.00. The largest absolute Gasteiger partial charge is 0.295 e. The number of hydrogen-bond donors (Lipinski definition) is 0. The molecule has 0 saturated heterocycles. The van der Waals surface area contributed by atoms with Crippen LogP contribution in [-0.2, 0) is 6.54 Å². The molecule has 1 heterocycles. The van der Waals surface area contributed by atoms with Gasteiger partial charge in [-0.3, -0.25) is 9.36 Å². The molecule has 3 nitrogen and oxygen atoms in total. The Bertz CT molecular complexity index is 568. The van der Waals surface area contributed by atoms with Crippen LogP contribution >= 0.6 is 11.6 Å². The van der Waals surface area contributed by atoms with Crippen LogP contribution in [0.3, 0.4) is 0 Å². The second-order valence-corrected chi connectivity index (χ2v) is 3.69. The van der Waals surface area contributed by atoms with Gasteiger partial charge >= 0.3 is 0 Å². The minimum Gasteiger partial charge on any atom is -0.295 e. The van der Waals surface area contributed by atoms with Crippen molar-refractivity contribution in [2.75, 3.05) is 0 Å². The van der Waals surface area contributed by atoms with Crippen molar-refractivity contribution in [2.24, 2.45) is 0 Å². The van der Waals surface area contributed by atoms with Gasteiger partial charge in [-0.1, -0.05) is 23.7 Å². The van der Waals surface area contributed by atoms with Gasteiger partial charge in [-0.05, 0) is 17.7 Å². The Balaban J connectivity index is 2.31. The molecule has 82 valence electrons. The van der Waals surface area contributed by atoms with Crippen LogP contribution in [0.5, 0.6) is 0 Å². The molecule has 0 saturated carbocycles. The van der Waals surface area contributed by atoms with Gasteiger partial charge < -0.3 is 0 Å². The second kappa shape index (κ2) is 4.45. The maximum atomic E-state index is 12.9. The Kier molecular flexibility index (Phi) is 3.01. The lowest BCUT2D eigenvalue weighted by atomic mass is 10.2. The van der Waals surface area contributed by atoms with Crippen LogP contribution in [0.1, 0.15) is 5.56 Å². The summed E-state index contributed by atoms with van der Waals surface area (Å²) in [6.07, 6.45) is 1.34. The van der Waals surface area contributed by atoms with Crippen LogP contribution in [0.4, 0.5) is 4.39 Å². The van der Waals surface area contributed by atoms with Gasteiger partial charge in [0, 0.05) is 6.07 Å². The first-order chi connectivity index (χ1) is 7.65. The van der Waals surface area contributed by atoms with Crippen molar-refractivity contribution in [3.05, 3.63) is 63.5 Å². The topological polar surface area (TPSA) is 34.9 Å². The Labute approximate surface area is 96.1 Å². The summed E-state index contributed by atoms with van der Waals surface area (Å²) in [5.74, 6) is -0.326. The normalized spacial score (nSPS) is 10.4. The SMILES string of the molecule is O=c1cc(Cl)ncn1Cc1cccc(F)c1. The average Bonchev–Trinajstić information content (AvgIpc) is 2.22. The van der Waals surface area contributed by atoms with E-state index in [1.807, 2.05) is 0 Å². The van der Waals surface area contributed by atoms with E-state index < -0.39 is 0 Å². The minimum atomic E-state index is -0.326. The summed E-state index contributed by atoms with van der Waals surface area (Å²) >= 11 is 5.56. The van der Waals surface area contributed by atoms with E-state index in [0.717, 1.165) is 0 Å². The van der Waals surface area contributed by atoms with Crippen molar-refractivity contribution in [1.29, 1.82) is 0 Å². The summed E-state index contributed by atoms with van der Waals surface area (Å²) in [5, 5.41) is 0.153. The summed E-state index contributed by atoms with van der Waals surface area (Å²) < 4.78 is 14.3. The van der Waals surface area contributed by atoms with Crippen LogP contribution in [0.2, 0.25) is 5.15 Å². The highest BCUT2D eigenvalue weighted by molar-refractivity contribution is 6.29. The van der Waals surface area contributed by atoms with Crippen LogP contribution in [0.15, 0.2) is 41.5 Å². The maximum absolute atomic E-state index is 12.9. The summed E-state index contributed by atoms with van der Waals surface area (Å²) in [6, 6.07) is 7.29. The lowest BCUT2D eigenvalue weighted by Crippen LogP contribution is -2.19. The highest BCUT2D eigenvalue weighted by Crippen LogP contribution is 2.05. The van der Waals surface area contributed by atoms with Crippen LogP contribution < -0.4 is 5.56 Å². The summed E-state index contributed by atoms with van der Waals surface area (Å²) in [5.41, 5.74) is 0.440. The molecule has 0 unspecified atom stereocenters. The molecule has 0 aliphatic rings. The molecular formula is C11H8ClFN2O. The molecule has 0 spiro atoms. The van der Waals surface area contributed by atoms with Crippen molar-refractivity contribution >= 4 is 11.6 Å². The molecule has 0 aliphatic heterocycles. The molecule has 1 aromatic heterocycles. The number of benzene rings is 1. The number of nitrogens with zero attached hydrogens (tertiary/aromatic N) is 2. The molecule has 0 bridgehead atoms. The van der Waals surface area contributed by atoms with Gasteiger partial charge in [-0.25, -0.2) is 9.37 Å². The third kappa shape index (κ3) is 2.46. The smallest absolute Gasteiger partial charge is 0.255 e. The van der Waals surface area contributed by atoms with Gasteiger partial charge in [-0.15, -0.1) is 0 Å². The molecule has 5 heteroatoms. The lowest BCUT2D eigenvalue weighted by molar-refractivity contribution is 0.622. The molecule has 0 aliphatic carbocycles. The molecule has 2 aromatic rings. The molecule has 0 radical (unpaired) electrons. The lowest BCUT2D eigenvalue weighted by Gasteiger charge is -2.04. The fourth-order valence-corrected chi connectivity index (χ4v) is 1.49. The van der Waals surface area contributed by atoms with Gasteiger partial charge in [0.1, 0.15) is 11.0 Å². The molecule has 0 N–H and O–H groups in total. The highest BCUT2D eigenvalue weighted by atomic mass is 35.5. The zero-order valence-corrected chi connectivity index (χ0v) is 8.99. The second-order valence-electron chi connectivity index (χ2n) is 3.31. The monoisotopic (exact) mass is 238 g/mol. The van der Waals surface area contributed by atoms with E-state index in [1.165, 1.54) is 29.1 Å². The maximum Gasteiger partial charge on any atom is 0.255 e. The van der Waals surface area contributed by atoms with Gasteiger partial charge in [0.15, 0.2) is 0 Å². The minimum absolute atomic E-state index is 0.153. The third-order valence-electron chi connectivity index (χ3n) is 2.09. The number of hydrogen-bond acceptors (Lipinski definition) is 2.